The third-order valence-electron chi connectivity index (χ3n) is 3.52. The molecule has 2 rings (SSSR count). The molecule has 5 nitrogen and oxygen atoms in total. The largest absolute Gasteiger partial charge is 0.489 e. The summed E-state index contributed by atoms with van der Waals surface area (Å²) in [6.45, 7) is 8.30. The number of carbonyl (C=O) groups is 1. The maximum atomic E-state index is 11.8. The molecule has 0 aliphatic carbocycles. The van der Waals surface area contributed by atoms with Gasteiger partial charge in [-0.05, 0) is 56.5 Å². The SMILES string of the molecule is Cc1cc(CNC(=O)OC(C)(C)C)cc(COc2cccc(CO)c2)c1. The van der Waals surface area contributed by atoms with Gasteiger partial charge in [0.2, 0.25) is 0 Å². The number of aliphatic hydroxyl groups is 1. The van der Waals surface area contributed by atoms with Gasteiger partial charge >= 0.3 is 6.09 Å². The van der Waals surface area contributed by atoms with E-state index in [2.05, 4.69) is 5.32 Å². The van der Waals surface area contributed by atoms with Crippen LogP contribution in [0.15, 0.2) is 42.5 Å². The fourth-order valence-electron chi connectivity index (χ4n) is 2.52. The van der Waals surface area contributed by atoms with Crippen LogP contribution in [0, 0.1) is 6.92 Å². The molecule has 2 aromatic carbocycles. The predicted molar refractivity (Wildman–Crippen MR) is 101 cm³/mol. The van der Waals surface area contributed by atoms with E-state index in [1.807, 2.05) is 70.2 Å². The molecule has 0 aromatic heterocycles. The summed E-state index contributed by atoms with van der Waals surface area (Å²) in [5.41, 5.74) is 3.39. The number of aliphatic hydroxyl groups excluding tert-OH is 1. The van der Waals surface area contributed by atoms with Gasteiger partial charge < -0.3 is 19.9 Å². The summed E-state index contributed by atoms with van der Waals surface area (Å²) < 4.78 is 11.1. The molecule has 1 amide bonds. The number of rotatable bonds is 6. The van der Waals surface area contributed by atoms with Crippen LogP contribution in [0.25, 0.3) is 0 Å². The van der Waals surface area contributed by atoms with Crippen molar-refractivity contribution in [2.24, 2.45) is 0 Å². The summed E-state index contributed by atoms with van der Waals surface area (Å²) in [4.78, 5) is 11.8. The second-order valence-corrected chi connectivity index (χ2v) is 7.28. The Bertz CT molecular complexity index is 750. The molecule has 0 spiro atoms. The Morgan fingerprint density at radius 3 is 2.50 bits per heavy atom. The van der Waals surface area contributed by atoms with Crippen molar-refractivity contribution in [1.29, 1.82) is 0 Å². The van der Waals surface area contributed by atoms with E-state index in [0.29, 0.717) is 18.9 Å². The molecular weight excluding hydrogens is 330 g/mol. The second kappa shape index (κ2) is 8.72. The van der Waals surface area contributed by atoms with Gasteiger partial charge in [-0.2, -0.15) is 0 Å². The van der Waals surface area contributed by atoms with Gasteiger partial charge in [0.05, 0.1) is 6.61 Å². The van der Waals surface area contributed by atoms with Crippen LogP contribution in [0.1, 0.15) is 43.0 Å². The van der Waals surface area contributed by atoms with Crippen LogP contribution >= 0.6 is 0 Å². The Balaban J connectivity index is 1.97. The van der Waals surface area contributed by atoms with Crippen molar-refractivity contribution in [2.75, 3.05) is 0 Å². The lowest BCUT2D eigenvalue weighted by atomic mass is 10.1. The quantitative estimate of drug-likeness (QED) is 0.817. The molecule has 0 saturated carbocycles. The monoisotopic (exact) mass is 357 g/mol. The number of amides is 1. The number of nitrogens with one attached hydrogen (secondary N) is 1. The molecule has 0 aliphatic heterocycles. The zero-order chi connectivity index (χ0) is 19.2. The fraction of sp³-hybridized carbons (Fsp3) is 0.381. The van der Waals surface area contributed by atoms with Crippen LogP contribution in [-0.2, 0) is 24.5 Å². The van der Waals surface area contributed by atoms with E-state index in [0.717, 1.165) is 22.3 Å². The van der Waals surface area contributed by atoms with E-state index in [-0.39, 0.29) is 6.61 Å². The van der Waals surface area contributed by atoms with Crippen molar-refractivity contribution in [1.82, 2.24) is 5.32 Å². The van der Waals surface area contributed by atoms with Crippen LogP contribution in [0.2, 0.25) is 0 Å². The summed E-state index contributed by atoms with van der Waals surface area (Å²) in [7, 11) is 0. The summed E-state index contributed by atoms with van der Waals surface area (Å²) in [6, 6.07) is 13.5. The molecule has 0 heterocycles. The second-order valence-electron chi connectivity index (χ2n) is 7.28. The van der Waals surface area contributed by atoms with Gasteiger partial charge in [0.1, 0.15) is 18.0 Å². The van der Waals surface area contributed by atoms with Gasteiger partial charge in [-0.1, -0.05) is 35.9 Å². The molecule has 0 radical (unpaired) electrons. The fourth-order valence-corrected chi connectivity index (χ4v) is 2.52. The Kier molecular flexibility index (Phi) is 6.64. The molecule has 2 aromatic rings. The predicted octanol–water partition coefficient (Wildman–Crippen LogP) is 4.09. The average Bonchev–Trinajstić information content (AvgIpc) is 2.56. The number of hydrogen-bond acceptors (Lipinski definition) is 4. The maximum absolute atomic E-state index is 11.8. The van der Waals surface area contributed by atoms with Crippen molar-refractivity contribution in [2.45, 2.75) is 53.1 Å². The lowest BCUT2D eigenvalue weighted by Crippen LogP contribution is -2.32. The molecule has 2 N–H and O–H groups in total. The van der Waals surface area contributed by atoms with Crippen LogP contribution in [0.4, 0.5) is 4.79 Å². The van der Waals surface area contributed by atoms with Gasteiger partial charge in [0.15, 0.2) is 0 Å². The smallest absolute Gasteiger partial charge is 0.407 e. The zero-order valence-corrected chi connectivity index (χ0v) is 15.8. The van der Waals surface area contributed by atoms with Crippen molar-refractivity contribution in [3.05, 3.63) is 64.7 Å². The first-order valence-corrected chi connectivity index (χ1v) is 8.64. The van der Waals surface area contributed by atoms with E-state index in [9.17, 15) is 9.90 Å². The molecule has 140 valence electrons. The highest BCUT2D eigenvalue weighted by Crippen LogP contribution is 2.17. The molecule has 0 saturated heterocycles. The Hall–Kier alpha value is -2.53. The van der Waals surface area contributed by atoms with Gasteiger partial charge in [-0.15, -0.1) is 0 Å². The first kappa shape index (κ1) is 19.8. The minimum atomic E-state index is -0.515. The normalized spacial score (nSPS) is 11.1. The summed E-state index contributed by atoms with van der Waals surface area (Å²) in [5.74, 6) is 0.714. The topological polar surface area (TPSA) is 67.8 Å². The first-order valence-electron chi connectivity index (χ1n) is 8.64. The van der Waals surface area contributed by atoms with E-state index < -0.39 is 11.7 Å². The van der Waals surface area contributed by atoms with Crippen LogP contribution in [-0.4, -0.2) is 16.8 Å². The molecule has 5 heteroatoms. The number of benzene rings is 2. The molecule has 0 atom stereocenters. The van der Waals surface area contributed by atoms with Crippen LogP contribution in [0.5, 0.6) is 5.75 Å². The highest BCUT2D eigenvalue weighted by molar-refractivity contribution is 5.67. The van der Waals surface area contributed by atoms with E-state index in [4.69, 9.17) is 9.47 Å². The number of ether oxygens (including phenoxy) is 2. The lowest BCUT2D eigenvalue weighted by Gasteiger charge is -2.19. The lowest BCUT2D eigenvalue weighted by molar-refractivity contribution is 0.0523. The summed E-state index contributed by atoms with van der Waals surface area (Å²) in [6.07, 6.45) is -0.433. The van der Waals surface area contributed by atoms with Crippen LogP contribution in [0.3, 0.4) is 0 Å². The zero-order valence-electron chi connectivity index (χ0n) is 15.8. The maximum Gasteiger partial charge on any atom is 0.407 e. The van der Waals surface area contributed by atoms with Gasteiger partial charge in [0, 0.05) is 6.54 Å². The van der Waals surface area contributed by atoms with Crippen molar-refractivity contribution < 1.29 is 19.4 Å². The Labute approximate surface area is 155 Å². The highest BCUT2D eigenvalue weighted by Gasteiger charge is 2.15. The number of hydrogen-bond donors (Lipinski definition) is 2. The Morgan fingerprint density at radius 2 is 1.81 bits per heavy atom. The van der Waals surface area contributed by atoms with Crippen molar-refractivity contribution in [3.8, 4) is 5.75 Å². The van der Waals surface area contributed by atoms with E-state index in [1.54, 1.807) is 0 Å². The van der Waals surface area contributed by atoms with E-state index in [1.165, 1.54) is 0 Å². The number of alkyl carbamates (subject to hydrolysis) is 1. The molecule has 26 heavy (non-hydrogen) atoms. The Morgan fingerprint density at radius 1 is 1.08 bits per heavy atom. The van der Waals surface area contributed by atoms with Gasteiger partial charge in [0.25, 0.3) is 0 Å². The standard InChI is InChI=1S/C21H27NO4/c1-15-8-17(12-22-20(24)26-21(2,3)4)10-18(9-15)14-25-19-7-5-6-16(11-19)13-23/h5-11,23H,12-14H2,1-4H3,(H,22,24). The van der Waals surface area contributed by atoms with E-state index >= 15 is 0 Å². The van der Waals surface area contributed by atoms with Gasteiger partial charge in [-0.25, -0.2) is 4.79 Å². The third kappa shape index (κ3) is 6.76. The molecule has 0 bridgehead atoms. The minimum Gasteiger partial charge on any atom is -0.489 e. The molecule has 0 unspecified atom stereocenters. The third-order valence-corrected chi connectivity index (χ3v) is 3.52. The summed E-state index contributed by atoms with van der Waals surface area (Å²) >= 11 is 0. The van der Waals surface area contributed by atoms with Crippen molar-refractivity contribution >= 4 is 6.09 Å². The van der Waals surface area contributed by atoms with Crippen LogP contribution < -0.4 is 10.1 Å². The van der Waals surface area contributed by atoms with Crippen molar-refractivity contribution in [3.63, 3.8) is 0 Å². The molecular formula is C21H27NO4. The highest BCUT2D eigenvalue weighted by atomic mass is 16.6. The number of carbonyl (C=O) groups excluding carboxylic acids is 1. The molecule has 0 fully saturated rings. The number of aryl methyl sites for hydroxylation is 1. The minimum absolute atomic E-state index is 0.0118. The average molecular weight is 357 g/mol. The molecule has 0 aliphatic rings. The first-order chi connectivity index (χ1) is 12.2. The van der Waals surface area contributed by atoms with Gasteiger partial charge in [-0.3, -0.25) is 0 Å². The summed E-state index contributed by atoms with van der Waals surface area (Å²) in [5, 5.41) is 12.0.